The first-order valence-corrected chi connectivity index (χ1v) is 16.7. The Bertz CT molecular complexity index is 466. The largest absolute Gasteiger partial charge is 0.416 e. The van der Waals surface area contributed by atoms with Gasteiger partial charge in [0.25, 0.3) is 0 Å². The summed E-state index contributed by atoms with van der Waals surface area (Å²) in [5.74, 6) is -0.0814. The summed E-state index contributed by atoms with van der Waals surface area (Å²) in [7, 11) is -3.85. The second kappa shape index (κ2) is 10.1. The van der Waals surface area contributed by atoms with Gasteiger partial charge in [0, 0.05) is 31.0 Å². The number of hydrogen-bond acceptors (Lipinski definition) is 4. The van der Waals surface area contributed by atoms with Gasteiger partial charge in [-0.2, -0.15) is 0 Å². The van der Waals surface area contributed by atoms with Crippen LogP contribution in [0.4, 0.5) is 0 Å². The quantitative estimate of drug-likeness (QED) is 0.435. The van der Waals surface area contributed by atoms with Crippen LogP contribution in [0.3, 0.4) is 0 Å². The van der Waals surface area contributed by atoms with Gasteiger partial charge >= 0.3 is 0 Å². The van der Waals surface area contributed by atoms with Crippen LogP contribution in [0.2, 0.25) is 36.3 Å². The van der Waals surface area contributed by atoms with Gasteiger partial charge in [0.1, 0.15) is 0 Å². The van der Waals surface area contributed by atoms with E-state index in [-0.39, 0.29) is 40.5 Å². The molecular formula is C22H50O4Si2. The monoisotopic (exact) mass is 434 g/mol. The van der Waals surface area contributed by atoms with E-state index in [1.54, 1.807) is 0 Å². The third-order valence-corrected chi connectivity index (χ3v) is 16.2. The van der Waals surface area contributed by atoms with Gasteiger partial charge < -0.3 is 19.1 Å². The Kier molecular flexibility index (Phi) is 10.2. The fourth-order valence-corrected chi connectivity index (χ4v) is 5.32. The Labute approximate surface area is 177 Å². The summed E-state index contributed by atoms with van der Waals surface area (Å²) < 4.78 is 13.0. The third kappa shape index (κ3) is 7.51. The van der Waals surface area contributed by atoms with Gasteiger partial charge in [-0.25, -0.2) is 0 Å². The van der Waals surface area contributed by atoms with E-state index in [1.807, 2.05) is 6.92 Å². The number of rotatable bonds is 10. The Morgan fingerprint density at radius 2 is 1.21 bits per heavy atom. The molecule has 0 aromatic carbocycles. The van der Waals surface area contributed by atoms with Crippen molar-refractivity contribution < 1.29 is 19.1 Å². The molecule has 0 aromatic heterocycles. The molecule has 170 valence electrons. The predicted molar refractivity (Wildman–Crippen MR) is 126 cm³/mol. The van der Waals surface area contributed by atoms with E-state index in [4.69, 9.17) is 8.85 Å². The van der Waals surface area contributed by atoms with Crippen molar-refractivity contribution >= 4 is 16.6 Å². The third-order valence-electron chi connectivity index (χ3n) is 7.24. The maximum Gasteiger partial charge on any atom is 0.192 e. The van der Waals surface area contributed by atoms with Gasteiger partial charge in [-0.1, -0.05) is 62.3 Å². The maximum atomic E-state index is 11.1. The molecule has 0 aliphatic rings. The van der Waals surface area contributed by atoms with Crippen molar-refractivity contribution in [2.24, 2.45) is 17.8 Å². The summed E-state index contributed by atoms with van der Waals surface area (Å²) in [6.45, 7) is 29.0. The van der Waals surface area contributed by atoms with Crippen LogP contribution in [0.5, 0.6) is 0 Å². The molecule has 5 atom stereocenters. The Morgan fingerprint density at radius 3 is 1.57 bits per heavy atom. The van der Waals surface area contributed by atoms with Gasteiger partial charge in [-0.15, -0.1) is 0 Å². The fraction of sp³-hybridized carbons (Fsp3) is 1.00. The summed E-state index contributed by atoms with van der Waals surface area (Å²) in [6, 6.07) is 0. The molecule has 6 heteroatoms. The molecule has 0 aliphatic carbocycles. The van der Waals surface area contributed by atoms with E-state index in [1.165, 1.54) is 0 Å². The maximum absolute atomic E-state index is 11.1. The molecule has 0 bridgehead atoms. The van der Waals surface area contributed by atoms with Crippen molar-refractivity contribution in [3.63, 3.8) is 0 Å². The first kappa shape index (κ1) is 28.3. The first-order valence-electron chi connectivity index (χ1n) is 10.9. The van der Waals surface area contributed by atoms with Crippen molar-refractivity contribution in [2.75, 3.05) is 13.2 Å². The van der Waals surface area contributed by atoms with Crippen LogP contribution in [0.15, 0.2) is 0 Å². The van der Waals surface area contributed by atoms with Crippen molar-refractivity contribution in [3.05, 3.63) is 0 Å². The molecular weight excluding hydrogens is 384 g/mol. The van der Waals surface area contributed by atoms with Crippen molar-refractivity contribution in [3.8, 4) is 0 Å². The second-order valence-corrected chi connectivity index (χ2v) is 21.5. The Balaban J connectivity index is 5.30. The lowest BCUT2D eigenvalue weighted by Gasteiger charge is -2.44. The van der Waals surface area contributed by atoms with Gasteiger partial charge in [-0.3, -0.25) is 0 Å². The van der Waals surface area contributed by atoms with E-state index >= 15 is 0 Å². The molecule has 0 spiro atoms. The van der Waals surface area contributed by atoms with Crippen molar-refractivity contribution in [1.82, 2.24) is 0 Å². The fourth-order valence-electron chi connectivity index (χ4n) is 2.73. The van der Waals surface area contributed by atoms with Crippen LogP contribution in [-0.2, 0) is 8.85 Å². The second-order valence-electron chi connectivity index (χ2n) is 11.9. The lowest BCUT2D eigenvalue weighted by Crippen LogP contribution is -2.51. The summed E-state index contributed by atoms with van der Waals surface area (Å²) >= 11 is 0. The van der Waals surface area contributed by atoms with Crippen LogP contribution in [0.1, 0.15) is 62.3 Å². The molecule has 0 aromatic rings. The smallest absolute Gasteiger partial charge is 0.192 e. The zero-order valence-corrected chi connectivity index (χ0v) is 23.0. The van der Waals surface area contributed by atoms with Crippen LogP contribution in [0.25, 0.3) is 0 Å². The summed E-state index contributed by atoms with van der Waals surface area (Å²) in [6.07, 6.45) is -0.704. The molecule has 0 fully saturated rings. The van der Waals surface area contributed by atoms with Crippen LogP contribution in [0, 0.1) is 17.8 Å². The van der Waals surface area contributed by atoms with E-state index < -0.39 is 22.7 Å². The molecule has 0 unspecified atom stereocenters. The summed E-state index contributed by atoms with van der Waals surface area (Å²) in [5, 5.41) is 21.1. The van der Waals surface area contributed by atoms with E-state index in [0.29, 0.717) is 6.61 Å². The molecule has 4 nitrogen and oxygen atoms in total. The molecule has 0 rings (SSSR count). The molecule has 2 N–H and O–H groups in total. The standard InChI is InChI=1S/C22H50O4Si2/c1-16(14-23)20(26-28(12,13)22(7,8)9)18(3)19(24)17(2)15-25-27(10,11)21(4,5)6/h16-20,23-24H,14-15H2,1-13H3/t16-,17-,18+,19-,20+/m0/s1. The minimum atomic E-state index is -2.01. The molecule has 0 radical (unpaired) electrons. The molecule has 0 saturated heterocycles. The highest BCUT2D eigenvalue weighted by atomic mass is 28.4. The highest BCUT2D eigenvalue weighted by molar-refractivity contribution is 6.74. The van der Waals surface area contributed by atoms with Crippen LogP contribution >= 0.6 is 0 Å². The number of aliphatic hydroxyl groups is 2. The van der Waals surface area contributed by atoms with Gasteiger partial charge in [0.2, 0.25) is 0 Å². The molecule has 0 amide bonds. The SMILES string of the molecule is C[C@H]([C@@H](O)[C@@H](C)CO[Si](C)(C)C(C)(C)C)[C@H](O[Si](C)(C)C(C)(C)C)[C@@H](C)CO. The van der Waals surface area contributed by atoms with Crippen LogP contribution in [-0.4, -0.2) is 52.3 Å². The van der Waals surface area contributed by atoms with E-state index in [0.717, 1.165) is 0 Å². The lowest BCUT2D eigenvalue weighted by atomic mass is 9.85. The number of hydrogen-bond donors (Lipinski definition) is 2. The average molecular weight is 435 g/mol. The first-order chi connectivity index (χ1) is 12.3. The Hall–Kier alpha value is 0.274. The van der Waals surface area contributed by atoms with Crippen molar-refractivity contribution in [2.45, 2.75) is 111 Å². The Morgan fingerprint density at radius 1 is 0.786 bits per heavy atom. The molecule has 0 saturated carbocycles. The predicted octanol–water partition coefficient (Wildman–Crippen LogP) is 5.66. The molecule has 0 heterocycles. The highest BCUT2D eigenvalue weighted by Crippen LogP contribution is 2.40. The number of aliphatic hydroxyl groups excluding tert-OH is 2. The summed E-state index contributed by atoms with van der Waals surface area (Å²) in [5.41, 5.74) is 0. The normalized spacial score (nSPS) is 19.8. The van der Waals surface area contributed by atoms with E-state index in [9.17, 15) is 10.2 Å². The molecule has 28 heavy (non-hydrogen) atoms. The minimum absolute atomic E-state index is 0.0144. The lowest BCUT2D eigenvalue weighted by molar-refractivity contribution is -0.0396. The van der Waals surface area contributed by atoms with Gasteiger partial charge in [0.05, 0.1) is 12.2 Å². The molecule has 0 aliphatic heterocycles. The van der Waals surface area contributed by atoms with Gasteiger partial charge in [0.15, 0.2) is 16.6 Å². The highest BCUT2D eigenvalue weighted by Gasteiger charge is 2.43. The van der Waals surface area contributed by atoms with Gasteiger partial charge in [-0.05, 0) is 36.3 Å². The summed E-state index contributed by atoms with van der Waals surface area (Å²) in [4.78, 5) is 0. The zero-order valence-electron chi connectivity index (χ0n) is 21.0. The topological polar surface area (TPSA) is 58.9 Å². The van der Waals surface area contributed by atoms with Crippen molar-refractivity contribution in [1.29, 1.82) is 0 Å². The minimum Gasteiger partial charge on any atom is -0.416 e. The van der Waals surface area contributed by atoms with E-state index in [2.05, 4.69) is 81.6 Å². The average Bonchev–Trinajstić information content (AvgIpc) is 2.53. The zero-order chi connectivity index (χ0) is 22.7. The van der Waals surface area contributed by atoms with Crippen LogP contribution < -0.4 is 0 Å².